The van der Waals surface area contributed by atoms with Crippen LogP contribution in [0.25, 0.3) is 11.1 Å². The molecule has 17 heavy (non-hydrogen) atoms. The Balaban J connectivity index is 2.33. The lowest BCUT2D eigenvalue weighted by Crippen LogP contribution is -1.94. The fourth-order valence-electron chi connectivity index (χ4n) is 1.98. The maximum Gasteiger partial charge on any atom is 0.123 e. The minimum Gasteiger partial charge on any atom is -0.384 e. The van der Waals surface area contributed by atoms with E-state index in [9.17, 15) is 0 Å². The average molecular weight is 226 g/mol. The summed E-state index contributed by atoms with van der Waals surface area (Å²) in [5.41, 5.74) is 9.41. The lowest BCUT2D eigenvalue weighted by Gasteiger charge is -2.08. The van der Waals surface area contributed by atoms with Crippen LogP contribution in [-0.2, 0) is 6.42 Å². The van der Waals surface area contributed by atoms with E-state index in [2.05, 4.69) is 43.1 Å². The molecule has 1 aromatic carbocycles. The zero-order valence-corrected chi connectivity index (χ0v) is 10.4. The maximum absolute atomic E-state index is 5.70. The van der Waals surface area contributed by atoms with Crippen molar-refractivity contribution in [3.8, 4) is 11.1 Å². The van der Waals surface area contributed by atoms with E-state index in [1.165, 1.54) is 11.1 Å². The molecule has 0 spiro atoms. The topological polar surface area (TPSA) is 38.9 Å². The van der Waals surface area contributed by atoms with Crippen molar-refractivity contribution in [2.45, 2.75) is 20.3 Å². The number of pyridine rings is 1. The Morgan fingerprint density at radius 2 is 1.88 bits per heavy atom. The molecular formula is C15H18N2. The Hall–Kier alpha value is -1.83. The molecule has 2 rings (SSSR count). The molecule has 2 aromatic rings. The molecule has 0 aliphatic heterocycles. The van der Waals surface area contributed by atoms with Crippen LogP contribution < -0.4 is 5.73 Å². The van der Waals surface area contributed by atoms with Crippen LogP contribution in [0.1, 0.15) is 19.4 Å². The van der Waals surface area contributed by atoms with Gasteiger partial charge >= 0.3 is 0 Å². The predicted molar refractivity (Wildman–Crippen MR) is 72.6 cm³/mol. The minimum absolute atomic E-state index is 0.566. The lowest BCUT2D eigenvalue weighted by molar-refractivity contribution is 0.647. The quantitative estimate of drug-likeness (QED) is 0.869. The summed E-state index contributed by atoms with van der Waals surface area (Å²) in [6, 6.07) is 12.5. The van der Waals surface area contributed by atoms with Crippen LogP contribution in [0.5, 0.6) is 0 Å². The molecule has 1 heterocycles. The van der Waals surface area contributed by atoms with Crippen LogP contribution in [-0.4, -0.2) is 4.98 Å². The molecular weight excluding hydrogens is 208 g/mol. The Kier molecular flexibility index (Phi) is 3.43. The van der Waals surface area contributed by atoms with E-state index >= 15 is 0 Å². The molecule has 0 amide bonds. The summed E-state index contributed by atoms with van der Waals surface area (Å²) in [6.45, 7) is 4.47. The lowest BCUT2D eigenvalue weighted by atomic mass is 9.98. The first-order chi connectivity index (χ1) is 8.15. The Morgan fingerprint density at radius 3 is 2.59 bits per heavy atom. The number of anilines is 1. The van der Waals surface area contributed by atoms with Gasteiger partial charge < -0.3 is 5.73 Å². The van der Waals surface area contributed by atoms with Gasteiger partial charge in [-0.25, -0.2) is 4.98 Å². The monoisotopic (exact) mass is 226 g/mol. The molecule has 0 aliphatic carbocycles. The van der Waals surface area contributed by atoms with Crippen molar-refractivity contribution in [1.82, 2.24) is 4.98 Å². The highest BCUT2D eigenvalue weighted by Gasteiger charge is 2.02. The molecule has 0 saturated heterocycles. The average Bonchev–Trinajstić information content (AvgIpc) is 2.28. The van der Waals surface area contributed by atoms with Crippen LogP contribution in [0.2, 0.25) is 0 Å². The number of nitrogen functional groups attached to an aromatic ring is 1. The summed E-state index contributed by atoms with van der Waals surface area (Å²) >= 11 is 0. The van der Waals surface area contributed by atoms with E-state index in [1.807, 2.05) is 12.1 Å². The first kappa shape index (κ1) is 11.6. The van der Waals surface area contributed by atoms with Crippen molar-refractivity contribution >= 4 is 5.82 Å². The second-order valence-electron chi connectivity index (χ2n) is 4.77. The molecule has 0 aliphatic rings. The second kappa shape index (κ2) is 5.00. The van der Waals surface area contributed by atoms with Gasteiger partial charge in [0.05, 0.1) is 0 Å². The van der Waals surface area contributed by atoms with Gasteiger partial charge in [-0.2, -0.15) is 0 Å². The first-order valence-electron chi connectivity index (χ1n) is 5.96. The number of nitrogens with two attached hydrogens (primary N) is 1. The smallest absolute Gasteiger partial charge is 0.123 e. The van der Waals surface area contributed by atoms with E-state index in [1.54, 1.807) is 6.20 Å². The fraction of sp³-hybridized carbons (Fsp3) is 0.267. The van der Waals surface area contributed by atoms with E-state index in [-0.39, 0.29) is 0 Å². The molecule has 0 atom stereocenters. The van der Waals surface area contributed by atoms with Gasteiger partial charge in [-0.3, -0.25) is 0 Å². The normalized spacial score (nSPS) is 10.8. The van der Waals surface area contributed by atoms with Gasteiger partial charge in [0.25, 0.3) is 0 Å². The number of nitrogens with zero attached hydrogens (tertiary/aromatic N) is 1. The third-order valence-electron chi connectivity index (χ3n) is 2.69. The molecule has 0 bridgehead atoms. The van der Waals surface area contributed by atoms with Crippen molar-refractivity contribution < 1.29 is 0 Å². The van der Waals surface area contributed by atoms with Crippen LogP contribution in [0.3, 0.4) is 0 Å². The zero-order chi connectivity index (χ0) is 12.3. The zero-order valence-electron chi connectivity index (χ0n) is 10.4. The largest absolute Gasteiger partial charge is 0.384 e. The third-order valence-corrected chi connectivity index (χ3v) is 2.69. The van der Waals surface area contributed by atoms with E-state index < -0.39 is 0 Å². The van der Waals surface area contributed by atoms with Crippen LogP contribution >= 0.6 is 0 Å². The summed E-state index contributed by atoms with van der Waals surface area (Å²) in [7, 11) is 0. The van der Waals surface area contributed by atoms with Crippen molar-refractivity contribution in [3.05, 3.63) is 48.2 Å². The Morgan fingerprint density at radius 1 is 1.12 bits per heavy atom. The summed E-state index contributed by atoms with van der Waals surface area (Å²) in [5.74, 6) is 1.24. The highest BCUT2D eigenvalue weighted by molar-refractivity contribution is 5.66. The van der Waals surface area contributed by atoms with Gasteiger partial charge in [0.2, 0.25) is 0 Å². The first-order valence-corrected chi connectivity index (χ1v) is 5.96. The Bertz CT molecular complexity index is 504. The summed E-state index contributed by atoms with van der Waals surface area (Å²) in [6.07, 6.45) is 2.86. The van der Waals surface area contributed by atoms with Crippen molar-refractivity contribution in [2.75, 3.05) is 5.73 Å². The van der Waals surface area contributed by atoms with E-state index in [4.69, 9.17) is 5.73 Å². The molecule has 2 nitrogen and oxygen atoms in total. The van der Waals surface area contributed by atoms with Crippen LogP contribution in [0.15, 0.2) is 42.6 Å². The predicted octanol–water partition coefficient (Wildman–Crippen LogP) is 3.53. The minimum atomic E-state index is 0.566. The standard InChI is InChI=1S/C15H18N2/c1-11(2)8-12-4-3-5-13(9-12)14-6-7-17-15(16)10-14/h3-7,9-11H,8H2,1-2H3,(H2,16,17). The highest BCUT2D eigenvalue weighted by atomic mass is 14.8. The van der Waals surface area contributed by atoms with Crippen molar-refractivity contribution in [1.29, 1.82) is 0 Å². The van der Waals surface area contributed by atoms with Gasteiger partial charge in [-0.15, -0.1) is 0 Å². The summed E-state index contributed by atoms with van der Waals surface area (Å²) < 4.78 is 0. The molecule has 0 fully saturated rings. The van der Waals surface area contributed by atoms with Crippen LogP contribution in [0, 0.1) is 5.92 Å². The number of hydrogen-bond acceptors (Lipinski definition) is 2. The fourth-order valence-corrected chi connectivity index (χ4v) is 1.98. The summed E-state index contributed by atoms with van der Waals surface area (Å²) in [5, 5.41) is 0. The van der Waals surface area contributed by atoms with Crippen molar-refractivity contribution in [2.24, 2.45) is 5.92 Å². The van der Waals surface area contributed by atoms with Crippen molar-refractivity contribution in [3.63, 3.8) is 0 Å². The number of rotatable bonds is 3. The van der Waals surface area contributed by atoms with Gasteiger partial charge in [0, 0.05) is 6.20 Å². The Labute approximate surface area is 103 Å². The molecule has 1 aromatic heterocycles. The SMILES string of the molecule is CC(C)Cc1cccc(-c2ccnc(N)c2)c1. The number of benzene rings is 1. The number of aromatic nitrogens is 1. The number of hydrogen-bond donors (Lipinski definition) is 1. The highest BCUT2D eigenvalue weighted by Crippen LogP contribution is 2.22. The molecule has 0 saturated carbocycles. The molecule has 0 radical (unpaired) electrons. The van der Waals surface area contributed by atoms with E-state index in [0.717, 1.165) is 12.0 Å². The molecule has 0 unspecified atom stereocenters. The van der Waals surface area contributed by atoms with Gasteiger partial charge in [-0.1, -0.05) is 38.1 Å². The van der Waals surface area contributed by atoms with Gasteiger partial charge in [0.15, 0.2) is 0 Å². The third kappa shape index (κ3) is 3.06. The van der Waals surface area contributed by atoms with Gasteiger partial charge in [-0.05, 0) is 41.2 Å². The molecule has 2 heteroatoms. The van der Waals surface area contributed by atoms with Crippen LogP contribution in [0.4, 0.5) is 5.82 Å². The second-order valence-corrected chi connectivity index (χ2v) is 4.77. The van der Waals surface area contributed by atoms with E-state index in [0.29, 0.717) is 11.7 Å². The van der Waals surface area contributed by atoms with Gasteiger partial charge in [0.1, 0.15) is 5.82 Å². The summed E-state index contributed by atoms with van der Waals surface area (Å²) in [4.78, 5) is 4.01. The maximum atomic E-state index is 5.70. The molecule has 2 N–H and O–H groups in total. The molecule has 88 valence electrons.